The van der Waals surface area contributed by atoms with Crippen molar-refractivity contribution in [1.29, 1.82) is 5.26 Å². The van der Waals surface area contributed by atoms with E-state index in [0.717, 1.165) is 6.07 Å². The normalized spacial score (nSPS) is 12.4. The summed E-state index contributed by atoms with van der Waals surface area (Å²) in [6.07, 6.45) is -1.69. The van der Waals surface area contributed by atoms with Crippen LogP contribution in [0.25, 0.3) is 0 Å². The first-order valence-corrected chi connectivity index (χ1v) is 10.5. The molecule has 1 aromatic rings. The molecule has 0 aliphatic rings. The number of carbonyl (C=O) groups excluding carboxylic acids is 2. The molecule has 9 heteroatoms. The fourth-order valence-corrected chi connectivity index (χ4v) is 2.61. The van der Waals surface area contributed by atoms with Gasteiger partial charge >= 0.3 is 12.2 Å². The van der Waals surface area contributed by atoms with Crippen molar-refractivity contribution in [3.05, 3.63) is 29.1 Å². The van der Waals surface area contributed by atoms with Crippen LogP contribution in [-0.4, -0.2) is 47.5 Å². The summed E-state index contributed by atoms with van der Waals surface area (Å²) in [5, 5.41) is 12.1. The van der Waals surface area contributed by atoms with Crippen molar-refractivity contribution in [3.8, 4) is 11.8 Å². The van der Waals surface area contributed by atoms with E-state index in [9.17, 15) is 19.2 Å². The lowest BCUT2D eigenvalue weighted by atomic mass is 10.1. The molecule has 1 unspecified atom stereocenters. The number of nitrogens with one attached hydrogen (secondary N) is 1. The number of rotatable bonds is 7. The Morgan fingerprint density at radius 2 is 1.75 bits per heavy atom. The first-order valence-electron chi connectivity index (χ1n) is 10.5. The number of amides is 2. The van der Waals surface area contributed by atoms with Crippen LogP contribution in [0.3, 0.4) is 0 Å². The fraction of sp³-hybridized carbons (Fsp3) is 0.609. The Hall–Kier alpha value is -3.02. The van der Waals surface area contributed by atoms with Gasteiger partial charge < -0.3 is 24.4 Å². The average molecular weight is 452 g/mol. The lowest BCUT2D eigenvalue weighted by Crippen LogP contribution is -2.38. The number of ether oxygens (including phenoxy) is 3. The smallest absolute Gasteiger partial charge is 0.410 e. The maximum atomic E-state index is 14.3. The molecule has 1 atom stereocenters. The van der Waals surface area contributed by atoms with E-state index in [4.69, 9.17) is 14.2 Å². The quantitative estimate of drug-likeness (QED) is 0.642. The largest absolute Gasteiger partial charge is 0.488 e. The summed E-state index contributed by atoms with van der Waals surface area (Å²) in [6, 6.07) is 4.38. The molecule has 0 saturated heterocycles. The number of carbonyl (C=O) groups is 2. The summed E-state index contributed by atoms with van der Waals surface area (Å²) < 4.78 is 30.8. The van der Waals surface area contributed by atoms with Gasteiger partial charge in [-0.1, -0.05) is 0 Å². The first kappa shape index (κ1) is 27.0. The third-order valence-corrected chi connectivity index (χ3v) is 3.97. The molecule has 178 valence electrons. The third kappa shape index (κ3) is 9.00. The number of halogens is 1. The van der Waals surface area contributed by atoms with Gasteiger partial charge in [0.15, 0.2) is 0 Å². The molecule has 1 aromatic carbocycles. The van der Waals surface area contributed by atoms with Gasteiger partial charge in [-0.15, -0.1) is 0 Å². The van der Waals surface area contributed by atoms with Crippen molar-refractivity contribution >= 4 is 12.2 Å². The SMILES string of the molecule is CCN(Cc1c(OC(C)CNC(=O)OC(C)(C)C)ccc(F)c1C#N)C(=O)OC(C)(C)C. The zero-order chi connectivity index (χ0) is 24.7. The van der Waals surface area contributed by atoms with Gasteiger partial charge in [-0.05, 0) is 67.5 Å². The van der Waals surface area contributed by atoms with Crippen molar-refractivity contribution in [1.82, 2.24) is 10.2 Å². The number of hydrogen-bond acceptors (Lipinski definition) is 6. The van der Waals surface area contributed by atoms with Crippen LogP contribution in [0.4, 0.5) is 14.0 Å². The molecule has 1 N–H and O–H groups in total. The average Bonchev–Trinajstić information content (AvgIpc) is 2.63. The Kier molecular flexibility index (Phi) is 9.31. The van der Waals surface area contributed by atoms with Crippen molar-refractivity contribution in [3.63, 3.8) is 0 Å². The number of benzene rings is 1. The predicted molar refractivity (Wildman–Crippen MR) is 118 cm³/mol. The fourth-order valence-electron chi connectivity index (χ4n) is 2.61. The van der Waals surface area contributed by atoms with Crippen molar-refractivity contribution in [2.45, 2.75) is 79.2 Å². The van der Waals surface area contributed by atoms with E-state index in [1.54, 1.807) is 55.4 Å². The van der Waals surface area contributed by atoms with Gasteiger partial charge in [0, 0.05) is 12.1 Å². The Bertz CT molecular complexity index is 853. The van der Waals surface area contributed by atoms with Gasteiger partial charge in [-0.25, -0.2) is 14.0 Å². The molecule has 0 aliphatic heterocycles. The minimum absolute atomic E-state index is 0.0758. The Labute approximate surface area is 189 Å². The maximum Gasteiger partial charge on any atom is 0.410 e. The van der Waals surface area contributed by atoms with Crippen LogP contribution in [0.1, 0.15) is 66.5 Å². The summed E-state index contributed by atoms with van der Waals surface area (Å²) in [4.78, 5) is 25.7. The second-order valence-electron chi connectivity index (χ2n) is 9.32. The molecule has 1 rings (SSSR count). The molecule has 0 heterocycles. The number of nitriles is 1. The van der Waals surface area contributed by atoms with E-state index in [1.807, 2.05) is 6.07 Å². The van der Waals surface area contributed by atoms with Crippen molar-refractivity contribution in [2.75, 3.05) is 13.1 Å². The van der Waals surface area contributed by atoms with Crippen LogP contribution in [0.15, 0.2) is 12.1 Å². The standard InChI is InChI=1S/C23H34FN3O5/c1-9-27(21(29)32-23(6,7)8)14-17-16(12-25)18(24)10-11-19(17)30-15(2)13-26-20(28)31-22(3,4)5/h10-11,15H,9,13-14H2,1-8H3,(H,26,28). The molecule has 0 fully saturated rings. The summed E-state index contributed by atoms with van der Waals surface area (Å²) >= 11 is 0. The summed E-state index contributed by atoms with van der Waals surface area (Å²) in [6.45, 7) is 14.3. The maximum absolute atomic E-state index is 14.3. The van der Waals surface area contributed by atoms with E-state index >= 15 is 0 Å². The van der Waals surface area contributed by atoms with Gasteiger partial charge in [0.25, 0.3) is 0 Å². The van der Waals surface area contributed by atoms with Crippen LogP contribution in [0, 0.1) is 17.1 Å². The van der Waals surface area contributed by atoms with Crippen LogP contribution in [-0.2, 0) is 16.0 Å². The highest BCUT2D eigenvalue weighted by Gasteiger charge is 2.25. The van der Waals surface area contributed by atoms with E-state index in [0.29, 0.717) is 0 Å². The van der Waals surface area contributed by atoms with Gasteiger partial charge in [-0.3, -0.25) is 0 Å². The first-order chi connectivity index (χ1) is 14.7. The zero-order valence-electron chi connectivity index (χ0n) is 20.2. The summed E-state index contributed by atoms with van der Waals surface area (Å²) in [5.41, 5.74) is -1.32. The van der Waals surface area contributed by atoms with Gasteiger partial charge in [0.2, 0.25) is 0 Å². The van der Waals surface area contributed by atoms with E-state index in [-0.39, 0.29) is 36.5 Å². The molecular formula is C23H34FN3O5. The number of nitrogens with zero attached hydrogens (tertiary/aromatic N) is 2. The Balaban J connectivity index is 3.05. The summed E-state index contributed by atoms with van der Waals surface area (Å²) in [7, 11) is 0. The highest BCUT2D eigenvalue weighted by atomic mass is 19.1. The topological polar surface area (TPSA) is 101 Å². The van der Waals surface area contributed by atoms with Gasteiger partial charge in [-0.2, -0.15) is 5.26 Å². The minimum atomic E-state index is -0.713. The second kappa shape index (κ2) is 11.0. The highest BCUT2D eigenvalue weighted by Crippen LogP contribution is 2.28. The molecule has 2 amide bonds. The number of hydrogen-bond donors (Lipinski definition) is 1. The van der Waals surface area contributed by atoms with Crippen LogP contribution in [0.5, 0.6) is 5.75 Å². The lowest BCUT2D eigenvalue weighted by molar-refractivity contribution is 0.0241. The minimum Gasteiger partial charge on any atom is -0.488 e. The van der Waals surface area contributed by atoms with E-state index < -0.39 is 35.3 Å². The van der Waals surface area contributed by atoms with Crippen molar-refractivity contribution in [2.24, 2.45) is 0 Å². The molecule has 0 spiro atoms. The van der Waals surface area contributed by atoms with E-state index in [2.05, 4.69) is 5.32 Å². The van der Waals surface area contributed by atoms with Gasteiger partial charge in [0.1, 0.15) is 34.9 Å². The molecule has 0 radical (unpaired) electrons. The highest BCUT2D eigenvalue weighted by molar-refractivity contribution is 5.69. The van der Waals surface area contributed by atoms with E-state index in [1.165, 1.54) is 11.0 Å². The van der Waals surface area contributed by atoms with Crippen molar-refractivity contribution < 1.29 is 28.2 Å². The van der Waals surface area contributed by atoms with Crippen LogP contribution >= 0.6 is 0 Å². The monoisotopic (exact) mass is 451 g/mol. The summed E-state index contributed by atoms with van der Waals surface area (Å²) in [5.74, 6) is -0.474. The number of alkyl carbamates (subject to hydrolysis) is 1. The molecule has 0 bridgehead atoms. The molecule has 8 nitrogen and oxygen atoms in total. The Morgan fingerprint density at radius 3 is 2.25 bits per heavy atom. The molecule has 32 heavy (non-hydrogen) atoms. The van der Waals surface area contributed by atoms with Crippen LogP contribution in [0.2, 0.25) is 0 Å². The van der Waals surface area contributed by atoms with Crippen LogP contribution < -0.4 is 10.1 Å². The third-order valence-electron chi connectivity index (χ3n) is 3.97. The molecule has 0 aliphatic carbocycles. The lowest BCUT2D eigenvalue weighted by Gasteiger charge is -2.28. The van der Waals surface area contributed by atoms with Gasteiger partial charge in [0.05, 0.1) is 18.7 Å². The predicted octanol–water partition coefficient (Wildman–Crippen LogP) is 4.75. The molecular weight excluding hydrogens is 417 g/mol. The molecule has 0 saturated carbocycles. The zero-order valence-corrected chi connectivity index (χ0v) is 20.2. The Morgan fingerprint density at radius 1 is 1.16 bits per heavy atom. The second-order valence-corrected chi connectivity index (χ2v) is 9.32. The molecule has 0 aromatic heterocycles.